The molecule has 7 nitrogen and oxygen atoms in total. The molecule has 0 radical (unpaired) electrons. The minimum Gasteiger partial charge on any atom is -0.369 e. The Morgan fingerprint density at radius 2 is 1.76 bits per heavy atom. The molecule has 2 amide bonds. The van der Waals surface area contributed by atoms with E-state index in [1.807, 2.05) is 67.6 Å². The van der Waals surface area contributed by atoms with E-state index in [-0.39, 0.29) is 11.8 Å². The van der Waals surface area contributed by atoms with Crippen molar-refractivity contribution in [2.75, 3.05) is 50.0 Å². The Hall–Kier alpha value is -4.41. The molecular formula is C31H31N5O2. The number of rotatable bonds is 5. The maximum Gasteiger partial charge on any atom is 0.296 e. The first-order chi connectivity index (χ1) is 18.5. The second kappa shape index (κ2) is 11.3. The highest BCUT2D eigenvalue weighted by Crippen LogP contribution is 2.37. The molecule has 5 rings (SSSR count). The maximum absolute atomic E-state index is 13.3. The van der Waals surface area contributed by atoms with Crippen LogP contribution in [0.25, 0.3) is 0 Å². The molecule has 0 aliphatic carbocycles. The molecule has 3 aromatic rings. The summed E-state index contributed by atoms with van der Waals surface area (Å²) in [4.78, 5) is 34.7. The van der Waals surface area contributed by atoms with E-state index in [9.17, 15) is 9.59 Å². The van der Waals surface area contributed by atoms with E-state index in [1.54, 1.807) is 0 Å². The summed E-state index contributed by atoms with van der Waals surface area (Å²) in [5.74, 6) is 4.44. The predicted molar refractivity (Wildman–Crippen MR) is 152 cm³/mol. The number of nitrogens with zero attached hydrogens (tertiary/aromatic N) is 3. The Morgan fingerprint density at radius 3 is 2.47 bits per heavy atom. The van der Waals surface area contributed by atoms with E-state index in [4.69, 9.17) is 4.99 Å². The Balaban J connectivity index is 1.46. The van der Waals surface area contributed by atoms with Crippen LogP contribution < -0.4 is 15.5 Å². The lowest BCUT2D eigenvalue weighted by Crippen LogP contribution is -2.44. The highest BCUT2D eigenvalue weighted by Gasteiger charge is 2.35. The van der Waals surface area contributed by atoms with Gasteiger partial charge in [-0.2, -0.15) is 0 Å². The van der Waals surface area contributed by atoms with Gasteiger partial charge in [0.2, 0.25) is 5.91 Å². The van der Waals surface area contributed by atoms with Crippen LogP contribution in [0.5, 0.6) is 0 Å². The number of likely N-dealkylation sites (N-methyl/N-ethyl adjacent to an activating group) is 1. The summed E-state index contributed by atoms with van der Waals surface area (Å²) in [6.07, 6.45) is 0. The number of carbonyl (C=O) groups excluding carboxylic acids is 2. The number of fused-ring (bicyclic) bond motifs is 1. The van der Waals surface area contributed by atoms with Crippen molar-refractivity contribution in [2.45, 2.75) is 12.8 Å². The van der Waals surface area contributed by atoms with E-state index in [0.29, 0.717) is 23.5 Å². The third-order valence-corrected chi connectivity index (χ3v) is 6.85. The predicted octanol–water partition coefficient (Wildman–Crippen LogP) is 3.78. The topological polar surface area (TPSA) is 77.0 Å². The van der Waals surface area contributed by atoms with Gasteiger partial charge < -0.3 is 20.4 Å². The maximum atomic E-state index is 13.3. The average Bonchev–Trinajstić information content (AvgIpc) is 3.26. The monoisotopic (exact) mass is 505 g/mol. The number of piperazine rings is 1. The van der Waals surface area contributed by atoms with E-state index in [1.165, 1.54) is 5.69 Å². The quantitative estimate of drug-likeness (QED) is 0.409. The normalized spacial score (nSPS) is 17.3. The van der Waals surface area contributed by atoms with Crippen LogP contribution in [0.2, 0.25) is 0 Å². The minimum atomic E-state index is -0.560. The first-order valence-electron chi connectivity index (χ1n) is 12.9. The molecule has 1 atom stereocenters. The van der Waals surface area contributed by atoms with Crippen LogP contribution in [0.15, 0.2) is 77.8 Å². The van der Waals surface area contributed by atoms with Gasteiger partial charge in [-0.25, -0.2) is 0 Å². The molecule has 1 unspecified atom stereocenters. The average molecular weight is 506 g/mol. The molecule has 2 heterocycles. The lowest BCUT2D eigenvalue weighted by Gasteiger charge is -2.34. The number of aliphatic imine (C=N–C) groups is 1. The number of hydrogen-bond donors (Lipinski definition) is 2. The molecule has 2 N–H and O–H groups in total. The summed E-state index contributed by atoms with van der Waals surface area (Å²) >= 11 is 0. The number of anilines is 2. The van der Waals surface area contributed by atoms with Gasteiger partial charge in [0.05, 0.1) is 11.4 Å². The summed E-state index contributed by atoms with van der Waals surface area (Å²) < 4.78 is 0. The van der Waals surface area contributed by atoms with Crippen LogP contribution in [0.3, 0.4) is 0 Å². The fourth-order valence-corrected chi connectivity index (χ4v) is 4.79. The van der Waals surface area contributed by atoms with Crippen LogP contribution in [0, 0.1) is 11.8 Å². The molecule has 0 bridgehead atoms. The van der Waals surface area contributed by atoms with Crippen molar-refractivity contribution in [1.29, 1.82) is 0 Å². The molecule has 0 saturated carbocycles. The number of hydrogen-bond acceptors (Lipinski definition) is 5. The van der Waals surface area contributed by atoms with Crippen molar-refractivity contribution >= 4 is 34.6 Å². The molecule has 3 aromatic carbocycles. The largest absolute Gasteiger partial charge is 0.369 e. The van der Waals surface area contributed by atoms with Crippen LogP contribution >= 0.6 is 0 Å². The molecule has 192 valence electrons. The number of amides is 2. The molecule has 1 saturated heterocycles. The number of nitrogens with one attached hydrogen (secondary N) is 2. The summed E-state index contributed by atoms with van der Waals surface area (Å²) in [5, 5.41) is 5.65. The molecule has 0 aromatic heterocycles. The summed E-state index contributed by atoms with van der Waals surface area (Å²) in [5.41, 5.74) is 5.76. The van der Waals surface area contributed by atoms with Crippen molar-refractivity contribution in [3.8, 4) is 11.8 Å². The first-order valence-corrected chi connectivity index (χ1v) is 12.9. The molecule has 2 aliphatic heterocycles. The van der Waals surface area contributed by atoms with Gasteiger partial charge in [-0.05, 0) is 61.5 Å². The Bertz CT molecular complexity index is 1410. The summed E-state index contributed by atoms with van der Waals surface area (Å²) in [6.45, 7) is 6.47. The standard InChI is InChI=1S/C31H31N5O2/c1-3-32-28(37)16-10-22-9-15-26-27(21-22)34-31(38)29(26)30(23-7-5-4-6-8-23)33-24-11-13-25(14-12-24)36-19-17-35(2)18-20-36/h4-9,11-15,21,29H,3,17-20H2,1-2H3,(H,32,37)(H,34,38). The van der Waals surface area contributed by atoms with Crippen LogP contribution in [0.1, 0.15) is 29.5 Å². The van der Waals surface area contributed by atoms with Crippen LogP contribution in [0.4, 0.5) is 17.1 Å². The first kappa shape index (κ1) is 25.2. The zero-order valence-corrected chi connectivity index (χ0v) is 21.7. The van der Waals surface area contributed by atoms with Crippen molar-refractivity contribution in [3.05, 3.63) is 89.5 Å². The van der Waals surface area contributed by atoms with Gasteiger partial charge in [-0.1, -0.05) is 42.3 Å². The van der Waals surface area contributed by atoms with Gasteiger partial charge in [-0.15, -0.1) is 0 Å². The van der Waals surface area contributed by atoms with Crippen molar-refractivity contribution in [2.24, 2.45) is 4.99 Å². The second-order valence-corrected chi connectivity index (χ2v) is 9.50. The van der Waals surface area contributed by atoms with Gasteiger partial charge in [0.15, 0.2) is 0 Å². The Morgan fingerprint density at radius 1 is 1.03 bits per heavy atom. The van der Waals surface area contributed by atoms with Gasteiger partial charge in [-0.3, -0.25) is 14.6 Å². The summed E-state index contributed by atoms with van der Waals surface area (Å²) in [6, 6.07) is 23.6. The van der Waals surface area contributed by atoms with Gasteiger partial charge in [0.25, 0.3) is 5.91 Å². The third-order valence-electron chi connectivity index (χ3n) is 6.85. The van der Waals surface area contributed by atoms with Crippen molar-refractivity contribution in [1.82, 2.24) is 10.2 Å². The smallest absolute Gasteiger partial charge is 0.296 e. The highest BCUT2D eigenvalue weighted by molar-refractivity contribution is 6.24. The van der Waals surface area contributed by atoms with Gasteiger partial charge >= 0.3 is 0 Å². The fraction of sp³-hybridized carbons (Fsp3) is 0.258. The Labute approximate surface area is 223 Å². The van der Waals surface area contributed by atoms with Crippen molar-refractivity contribution in [3.63, 3.8) is 0 Å². The van der Waals surface area contributed by atoms with E-state index < -0.39 is 5.92 Å². The minimum absolute atomic E-state index is 0.134. The molecule has 1 fully saturated rings. The Kier molecular flexibility index (Phi) is 7.52. The molecule has 7 heteroatoms. The SMILES string of the molecule is CCNC(=O)C#Cc1ccc2c(c1)NC(=O)C2C(=Nc1ccc(N2CCN(C)CC2)cc1)c1ccccc1. The lowest BCUT2D eigenvalue weighted by atomic mass is 9.90. The van der Waals surface area contributed by atoms with Crippen LogP contribution in [-0.4, -0.2) is 62.2 Å². The molecule has 38 heavy (non-hydrogen) atoms. The van der Waals surface area contributed by atoms with E-state index in [2.05, 4.69) is 51.5 Å². The van der Waals surface area contributed by atoms with E-state index >= 15 is 0 Å². The zero-order chi connectivity index (χ0) is 26.5. The fourth-order valence-electron chi connectivity index (χ4n) is 4.79. The summed E-state index contributed by atoms with van der Waals surface area (Å²) in [7, 11) is 2.15. The molecular weight excluding hydrogens is 474 g/mol. The van der Waals surface area contributed by atoms with Crippen molar-refractivity contribution < 1.29 is 9.59 Å². The molecule has 2 aliphatic rings. The van der Waals surface area contributed by atoms with Crippen LogP contribution in [-0.2, 0) is 9.59 Å². The lowest BCUT2D eigenvalue weighted by molar-refractivity contribution is -0.116. The zero-order valence-electron chi connectivity index (χ0n) is 21.7. The second-order valence-electron chi connectivity index (χ2n) is 9.50. The van der Waals surface area contributed by atoms with E-state index in [0.717, 1.165) is 43.0 Å². The third kappa shape index (κ3) is 5.61. The van der Waals surface area contributed by atoms with Gasteiger partial charge in [0, 0.05) is 55.6 Å². The number of benzene rings is 3. The highest BCUT2D eigenvalue weighted by atomic mass is 16.2. The number of carbonyl (C=O) groups is 2. The van der Waals surface area contributed by atoms with Gasteiger partial charge in [0.1, 0.15) is 5.92 Å². The molecule has 0 spiro atoms.